The van der Waals surface area contributed by atoms with Crippen LogP contribution in [0.4, 0.5) is 4.39 Å². The van der Waals surface area contributed by atoms with Crippen molar-refractivity contribution in [1.29, 1.82) is 0 Å². The minimum atomic E-state index is -0.179. The van der Waals surface area contributed by atoms with Crippen molar-refractivity contribution in [3.05, 3.63) is 35.6 Å². The third kappa shape index (κ3) is 4.27. The van der Waals surface area contributed by atoms with Crippen LogP contribution in [0, 0.1) is 11.7 Å². The van der Waals surface area contributed by atoms with Crippen molar-refractivity contribution in [3.8, 4) is 0 Å². The minimum Gasteiger partial charge on any atom is -0.339 e. The maximum absolute atomic E-state index is 13.6. The summed E-state index contributed by atoms with van der Waals surface area (Å²) >= 11 is 0. The molecule has 116 valence electrons. The van der Waals surface area contributed by atoms with Crippen LogP contribution in [0.15, 0.2) is 24.3 Å². The quantitative estimate of drug-likeness (QED) is 0.925. The van der Waals surface area contributed by atoms with Crippen LogP contribution in [-0.4, -0.2) is 36.0 Å². The van der Waals surface area contributed by atoms with Crippen LogP contribution >= 0.6 is 0 Å². The van der Waals surface area contributed by atoms with E-state index in [0.29, 0.717) is 30.5 Å². The molecule has 1 fully saturated rings. The topological polar surface area (TPSA) is 32.3 Å². The summed E-state index contributed by atoms with van der Waals surface area (Å²) < 4.78 is 13.6. The Morgan fingerprint density at radius 2 is 1.95 bits per heavy atom. The number of carbonyl (C=O) groups excluding carboxylic acids is 1. The minimum absolute atomic E-state index is 0.0675. The first-order chi connectivity index (χ1) is 9.97. The van der Waals surface area contributed by atoms with Gasteiger partial charge in [0.15, 0.2) is 0 Å². The normalized spacial score (nSPS) is 23.9. The number of aryl methyl sites for hydroxylation is 1. The molecule has 1 saturated heterocycles. The Morgan fingerprint density at radius 3 is 2.57 bits per heavy atom. The fourth-order valence-electron chi connectivity index (χ4n) is 3.02. The zero-order valence-electron chi connectivity index (χ0n) is 13.1. The lowest BCUT2D eigenvalue weighted by atomic mass is 9.98. The zero-order valence-corrected chi connectivity index (χ0v) is 13.1. The number of nitrogens with one attached hydrogen (secondary N) is 1. The Kier molecular flexibility index (Phi) is 5.34. The Labute approximate surface area is 126 Å². The lowest BCUT2D eigenvalue weighted by Gasteiger charge is -2.37. The molecule has 3 unspecified atom stereocenters. The van der Waals surface area contributed by atoms with Crippen molar-refractivity contribution in [1.82, 2.24) is 10.2 Å². The van der Waals surface area contributed by atoms with Crippen molar-refractivity contribution < 1.29 is 9.18 Å². The van der Waals surface area contributed by atoms with Gasteiger partial charge in [0.2, 0.25) is 5.91 Å². The molecule has 0 aromatic heterocycles. The first kappa shape index (κ1) is 16.0. The Morgan fingerprint density at radius 1 is 1.33 bits per heavy atom. The smallest absolute Gasteiger partial charge is 0.225 e. The molecule has 0 aliphatic carbocycles. The van der Waals surface area contributed by atoms with Gasteiger partial charge in [0.1, 0.15) is 5.82 Å². The van der Waals surface area contributed by atoms with Crippen molar-refractivity contribution >= 4 is 5.91 Å². The molecule has 1 heterocycles. The second-order valence-corrected chi connectivity index (χ2v) is 6.24. The van der Waals surface area contributed by atoms with E-state index in [4.69, 9.17) is 0 Å². The first-order valence-corrected chi connectivity index (χ1v) is 7.75. The van der Waals surface area contributed by atoms with Crippen LogP contribution in [0.3, 0.4) is 0 Å². The summed E-state index contributed by atoms with van der Waals surface area (Å²) in [6, 6.07) is 7.46. The van der Waals surface area contributed by atoms with Gasteiger partial charge in [-0.2, -0.15) is 0 Å². The standard InChI is InChI=1S/C17H25FN2O/c1-12(8-9-15-6-4-5-7-16(15)18)17(21)20-10-13(2)19-14(3)11-20/h4-7,12-14,19H,8-11H2,1-3H3. The SMILES string of the molecule is CC1CN(C(=O)C(C)CCc2ccccc2F)CC(C)N1. The fourth-order valence-corrected chi connectivity index (χ4v) is 3.02. The van der Waals surface area contributed by atoms with Crippen LogP contribution < -0.4 is 5.32 Å². The van der Waals surface area contributed by atoms with Crippen LogP contribution in [0.25, 0.3) is 0 Å². The van der Waals surface area contributed by atoms with Gasteiger partial charge in [0.05, 0.1) is 0 Å². The molecule has 3 nitrogen and oxygen atoms in total. The number of hydrogen-bond acceptors (Lipinski definition) is 2. The third-order valence-electron chi connectivity index (χ3n) is 4.10. The number of nitrogens with zero attached hydrogens (tertiary/aromatic N) is 1. The highest BCUT2D eigenvalue weighted by molar-refractivity contribution is 5.78. The zero-order chi connectivity index (χ0) is 15.4. The number of benzene rings is 1. The van der Waals surface area contributed by atoms with Gasteiger partial charge >= 0.3 is 0 Å². The van der Waals surface area contributed by atoms with Crippen LogP contribution in [-0.2, 0) is 11.2 Å². The van der Waals surface area contributed by atoms with Gasteiger partial charge in [0, 0.05) is 31.1 Å². The highest BCUT2D eigenvalue weighted by atomic mass is 19.1. The number of rotatable bonds is 4. The predicted molar refractivity (Wildman–Crippen MR) is 82.5 cm³/mol. The lowest BCUT2D eigenvalue weighted by molar-refractivity contribution is -0.137. The Hall–Kier alpha value is -1.42. The van der Waals surface area contributed by atoms with E-state index < -0.39 is 0 Å². The van der Waals surface area contributed by atoms with Gasteiger partial charge in [-0.3, -0.25) is 4.79 Å². The average Bonchev–Trinajstić information content (AvgIpc) is 2.44. The summed E-state index contributed by atoms with van der Waals surface area (Å²) in [4.78, 5) is 14.4. The van der Waals surface area contributed by atoms with Gasteiger partial charge in [-0.05, 0) is 38.3 Å². The van der Waals surface area contributed by atoms with Crippen molar-refractivity contribution in [2.24, 2.45) is 5.92 Å². The van der Waals surface area contributed by atoms with E-state index in [1.807, 2.05) is 17.9 Å². The monoisotopic (exact) mass is 292 g/mol. The maximum Gasteiger partial charge on any atom is 0.225 e. The molecule has 1 aliphatic heterocycles. The number of halogens is 1. The summed E-state index contributed by atoms with van der Waals surface area (Å²) in [6.07, 6.45) is 1.29. The summed E-state index contributed by atoms with van der Waals surface area (Å²) in [5.74, 6) is -0.0600. The lowest BCUT2D eigenvalue weighted by Crippen LogP contribution is -2.56. The van der Waals surface area contributed by atoms with Crippen molar-refractivity contribution in [3.63, 3.8) is 0 Å². The van der Waals surface area contributed by atoms with Gasteiger partial charge in [-0.1, -0.05) is 25.1 Å². The predicted octanol–water partition coefficient (Wildman–Crippen LogP) is 2.60. The van der Waals surface area contributed by atoms with E-state index in [0.717, 1.165) is 13.1 Å². The largest absolute Gasteiger partial charge is 0.339 e. The highest BCUT2D eigenvalue weighted by Gasteiger charge is 2.27. The number of carbonyl (C=O) groups is 1. The van der Waals surface area contributed by atoms with Gasteiger partial charge in [-0.25, -0.2) is 4.39 Å². The summed E-state index contributed by atoms with van der Waals surface area (Å²) in [5, 5.41) is 3.42. The van der Waals surface area contributed by atoms with Gasteiger partial charge < -0.3 is 10.2 Å². The molecule has 2 rings (SSSR count). The first-order valence-electron chi connectivity index (χ1n) is 7.75. The molecule has 1 aliphatic rings. The molecule has 1 amide bonds. The summed E-state index contributed by atoms with van der Waals surface area (Å²) in [7, 11) is 0. The van der Waals surface area contributed by atoms with Crippen molar-refractivity contribution in [2.45, 2.75) is 45.7 Å². The second-order valence-electron chi connectivity index (χ2n) is 6.24. The van der Waals surface area contributed by atoms with E-state index in [-0.39, 0.29) is 17.6 Å². The molecule has 1 aromatic rings. The molecule has 4 heteroatoms. The molecule has 0 spiro atoms. The number of piperazine rings is 1. The van der Waals surface area contributed by atoms with E-state index >= 15 is 0 Å². The molecule has 1 aromatic carbocycles. The third-order valence-corrected chi connectivity index (χ3v) is 4.10. The maximum atomic E-state index is 13.6. The van der Waals surface area contributed by atoms with E-state index in [1.54, 1.807) is 12.1 Å². The van der Waals surface area contributed by atoms with E-state index in [1.165, 1.54) is 6.07 Å². The second kappa shape index (κ2) is 7.03. The van der Waals surface area contributed by atoms with Crippen molar-refractivity contribution in [2.75, 3.05) is 13.1 Å². The Bertz CT molecular complexity index is 481. The van der Waals surface area contributed by atoms with Gasteiger partial charge in [-0.15, -0.1) is 0 Å². The number of amides is 1. The molecule has 21 heavy (non-hydrogen) atoms. The summed E-state index contributed by atoms with van der Waals surface area (Å²) in [6.45, 7) is 7.65. The molecular weight excluding hydrogens is 267 g/mol. The molecule has 1 N–H and O–H groups in total. The highest BCUT2D eigenvalue weighted by Crippen LogP contribution is 2.16. The average molecular weight is 292 g/mol. The fraction of sp³-hybridized carbons (Fsp3) is 0.588. The van der Waals surface area contributed by atoms with E-state index in [2.05, 4.69) is 19.2 Å². The molecule has 0 bridgehead atoms. The van der Waals surface area contributed by atoms with Crippen LogP contribution in [0.5, 0.6) is 0 Å². The van der Waals surface area contributed by atoms with E-state index in [9.17, 15) is 9.18 Å². The Balaban J connectivity index is 1.89. The molecule has 0 saturated carbocycles. The summed E-state index contributed by atoms with van der Waals surface area (Å²) in [5.41, 5.74) is 0.694. The molecular formula is C17H25FN2O. The molecule has 0 radical (unpaired) electrons. The number of hydrogen-bond donors (Lipinski definition) is 1. The van der Waals surface area contributed by atoms with Crippen LogP contribution in [0.1, 0.15) is 32.8 Å². The molecule has 3 atom stereocenters. The van der Waals surface area contributed by atoms with Gasteiger partial charge in [0.25, 0.3) is 0 Å². The van der Waals surface area contributed by atoms with Crippen LogP contribution in [0.2, 0.25) is 0 Å².